The number of nitrogens with one attached hydrogen (secondary N) is 5. The predicted molar refractivity (Wildman–Crippen MR) is 246 cm³/mol. The summed E-state index contributed by atoms with van der Waals surface area (Å²) < 4.78 is 17.5. The molecule has 4 amide bonds. The molecule has 0 unspecified atom stereocenters. The van der Waals surface area contributed by atoms with Gasteiger partial charge in [-0.1, -0.05) is 52.0 Å². The average Bonchev–Trinajstić information content (AvgIpc) is 4.05. The van der Waals surface area contributed by atoms with Crippen molar-refractivity contribution in [1.29, 1.82) is 0 Å². The first kappa shape index (κ1) is 43.2. The molecule has 17 heteroatoms. The van der Waals surface area contributed by atoms with Crippen LogP contribution in [0.1, 0.15) is 60.3 Å². The Morgan fingerprint density at radius 3 is 1.84 bits per heavy atom. The number of thiazole rings is 2. The number of rotatable bonds is 14. The number of fused-ring (bicyclic) bond motifs is 2. The molecule has 8 rings (SSSR count). The third-order valence-corrected chi connectivity index (χ3v) is 10.6. The zero-order valence-corrected chi connectivity index (χ0v) is 36.9. The molecule has 320 valence electrons. The van der Waals surface area contributed by atoms with Crippen LogP contribution in [0, 0.1) is 25.7 Å². The van der Waals surface area contributed by atoms with Crippen LogP contribution in [0.3, 0.4) is 0 Å². The quantitative estimate of drug-likeness (QED) is 0.0702. The molecule has 5 N–H and O–H groups in total. The number of H-pyrrole nitrogens is 1. The Morgan fingerprint density at radius 1 is 0.694 bits per heavy atom. The Labute approximate surface area is 366 Å². The van der Waals surface area contributed by atoms with Crippen molar-refractivity contribution in [3.8, 4) is 11.5 Å². The number of para-hydroxylation sites is 2. The Bertz CT molecular complexity index is 2520. The number of aromatic nitrogens is 6. The van der Waals surface area contributed by atoms with Crippen LogP contribution in [0.4, 0.5) is 31.2 Å². The fourth-order valence-electron chi connectivity index (χ4n) is 5.90. The number of aromatic amines is 1. The Morgan fingerprint density at radius 2 is 1.27 bits per heavy atom. The summed E-state index contributed by atoms with van der Waals surface area (Å²) in [4.78, 5) is 52.0. The van der Waals surface area contributed by atoms with Crippen molar-refractivity contribution < 1.29 is 23.5 Å². The number of hydrogen-bond donors (Lipinski definition) is 5. The van der Waals surface area contributed by atoms with E-state index in [0.717, 1.165) is 43.3 Å². The van der Waals surface area contributed by atoms with Crippen LogP contribution in [0.15, 0.2) is 95.8 Å². The fourth-order valence-corrected chi connectivity index (χ4v) is 7.51. The van der Waals surface area contributed by atoms with E-state index in [4.69, 9.17) is 13.9 Å². The van der Waals surface area contributed by atoms with Gasteiger partial charge in [0.1, 0.15) is 22.8 Å². The third-order valence-electron chi connectivity index (χ3n) is 8.77. The SMILES string of the molecule is Cc1ccc(NC(=O)Nc2ncc(Cc3nc4ccccc4o3)s2)c(OCC(C)C)c1.Cc1ccc(NC(=O)Nc2ncc(Cc3nc4ncccc4[nH]3)s2)c(OCC(C)C)c1. The number of anilines is 4. The highest BCUT2D eigenvalue weighted by atomic mass is 32.1. The number of amides is 4. The van der Waals surface area contributed by atoms with E-state index >= 15 is 0 Å². The summed E-state index contributed by atoms with van der Waals surface area (Å²) in [5, 5.41) is 12.3. The Balaban J connectivity index is 0.000000186. The summed E-state index contributed by atoms with van der Waals surface area (Å²) in [7, 11) is 0. The van der Waals surface area contributed by atoms with Crippen LogP contribution in [0.5, 0.6) is 11.5 Å². The molecule has 0 fully saturated rings. The van der Waals surface area contributed by atoms with Gasteiger partial charge in [0.05, 0.1) is 36.5 Å². The number of oxazole rings is 1. The van der Waals surface area contributed by atoms with Gasteiger partial charge in [-0.3, -0.25) is 10.6 Å². The molecule has 0 aliphatic rings. The first-order valence-electron chi connectivity index (χ1n) is 20.1. The number of pyridine rings is 1. The molecule has 0 saturated carbocycles. The normalized spacial score (nSPS) is 11.1. The maximum atomic E-state index is 12.5. The number of imidazole rings is 1. The van der Waals surface area contributed by atoms with E-state index in [1.807, 2.05) is 86.6 Å². The molecule has 0 aliphatic carbocycles. The zero-order valence-electron chi connectivity index (χ0n) is 35.2. The van der Waals surface area contributed by atoms with E-state index in [0.29, 0.717) is 82.6 Å². The minimum absolute atomic E-state index is 0.368. The summed E-state index contributed by atoms with van der Waals surface area (Å²) in [6.45, 7) is 13.4. The van der Waals surface area contributed by atoms with Crippen LogP contribution in [0.2, 0.25) is 0 Å². The van der Waals surface area contributed by atoms with Crippen molar-refractivity contribution in [2.75, 3.05) is 34.5 Å². The van der Waals surface area contributed by atoms with Gasteiger partial charge in [0, 0.05) is 34.8 Å². The maximum Gasteiger partial charge on any atom is 0.325 e. The highest BCUT2D eigenvalue weighted by molar-refractivity contribution is 7.16. The summed E-state index contributed by atoms with van der Waals surface area (Å²) >= 11 is 2.79. The highest BCUT2D eigenvalue weighted by Crippen LogP contribution is 2.29. The van der Waals surface area contributed by atoms with E-state index in [2.05, 4.69) is 78.9 Å². The van der Waals surface area contributed by atoms with Gasteiger partial charge in [0.2, 0.25) is 5.89 Å². The van der Waals surface area contributed by atoms with Gasteiger partial charge >= 0.3 is 12.1 Å². The van der Waals surface area contributed by atoms with Crippen molar-refractivity contribution in [3.63, 3.8) is 0 Å². The summed E-state index contributed by atoms with van der Waals surface area (Å²) in [6, 6.07) is 22.1. The van der Waals surface area contributed by atoms with Crippen LogP contribution < -0.4 is 30.7 Å². The molecule has 3 aromatic carbocycles. The third kappa shape index (κ3) is 12.1. The van der Waals surface area contributed by atoms with E-state index in [-0.39, 0.29) is 12.1 Å². The van der Waals surface area contributed by atoms with Gasteiger partial charge in [-0.25, -0.2) is 34.5 Å². The molecule has 15 nitrogen and oxygen atoms in total. The zero-order chi connectivity index (χ0) is 43.6. The maximum absolute atomic E-state index is 12.5. The first-order chi connectivity index (χ1) is 29.9. The largest absolute Gasteiger partial charge is 0.491 e. The second kappa shape index (κ2) is 20.1. The van der Waals surface area contributed by atoms with Crippen molar-refractivity contribution in [2.45, 2.75) is 54.4 Å². The van der Waals surface area contributed by atoms with Crippen LogP contribution in [-0.2, 0) is 12.8 Å². The Hall–Kier alpha value is -6.85. The molecule has 0 saturated heterocycles. The summed E-state index contributed by atoms with van der Waals surface area (Å²) in [6.07, 6.45) is 6.28. The topological polar surface area (TPSA) is 194 Å². The molecular weight excluding hydrogens is 825 g/mol. The van der Waals surface area contributed by atoms with Crippen molar-refractivity contribution in [3.05, 3.63) is 124 Å². The first-order valence-corrected chi connectivity index (χ1v) is 21.7. The monoisotopic (exact) mass is 872 g/mol. The van der Waals surface area contributed by atoms with Gasteiger partial charge in [0.15, 0.2) is 21.5 Å². The smallest absolute Gasteiger partial charge is 0.325 e. The highest BCUT2D eigenvalue weighted by Gasteiger charge is 2.15. The molecule has 0 bridgehead atoms. The molecule has 0 aliphatic heterocycles. The fraction of sp³-hybridized carbons (Fsp3) is 0.267. The van der Waals surface area contributed by atoms with Crippen molar-refractivity contribution in [1.82, 2.24) is 29.9 Å². The van der Waals surface area contributed by atoms with Gasteiger partial charge in [-0.05, 0) is 85.3 Å². The Kier molecular flexibility index (Phi) is 14.0. The second-order valence-electron chi connectivity index (χ2n) is 15.3. The van der Waals surface area contributed by atoms with Crippen LogP contribution >= 0.6 is 22.7 Å². The number of hydrogen-bond acceptors (Lipinski definition) is 12. The molecule has 8 aromatic rings. The second-order valence-corrected chi connectivity index (χ2v) is 17.5. The lowest BCUT2D eigenvalue weighted by molar-refractivity contribution is 0.260. The lowest BCUT2D eigenvalue weighted by Gasteiger charge is -2.14. The van der Waals surface area contributed by atoms with Crippen LogP contribution in [0.25, 0.3) is 22.3 Å². The molecule has 5 heterocycles. The van der Waals surface area contributed by atoms with E-state index in [1.165, 1.54) is 22.7 Å². The van der Waals surface area contributed by atoms with Crippen molar-refractivity contribution >= 4 is 78.6 Å². The molecule has 0 radical (unpaired) electrons. The lowest BCUT2D eigenvalue weighted by Crippen LogP contribution is -2.20. The number of nitrogens with zero attached hydrogens (tertiary/aromatic N) is 5. The molecule has 62 heavy (non-hydrogen) atoms. The van der Waals surface area contributed by atoms with Gasteiger partial charge in [-0.2, -0.15) is 0 Å². The standard InChI is InChI=1S/C23H24N4O3S.C22H24N6O2S/c1-14(2)13-29-20-10-15(3)8-9-18(20)26-22(28)27-23-24-12-16(31-23)11-21-25-17-6-4-5-7-19(17)30-21;1-13(2)12-30-18-9-14(3)6-7-16(18)26-21(29)28-22-24-11-15(31-22)10-19-25-17-5-4-8-23-20(17)27-19/h4-10,12,14H,11,13H2,1-3H3,(H2,24,26,27,28);4-9,11,13H,10,12H2,1-3H3,(H,23,25,27)(H2,24,26,28,29). The summed E-state index contributed by atoms with van der Waals surface area (Å²) in [5.41, 5.74) is 6.54. The average molecular weight is 873 g/mol. The molecular formula is C45H48N10O5S2. The molecule has 5 aromatic heterocycles. The number of ether oxygens (including phenoxy) is 2. The van der Waals surface area contributed by atoms with Crippen LogP contribution in [-0.4, -0.2) is 55.2 Å². The minimum Gasteiger partial charge on any atom is -0.491 e. The lowest BCUT2D eigenvalue weighted by atomic mass is 10.2. The summed E-state index contributed by atoms with van der Waals surface area (Å²) in [5.74, 6) is 3.50. The van der Waals surface area contributed by atoms with Gasteiger partial charge in [0.25, 0.3) is 0 Å². The number of carbonyl (C=O) groups is 2. The number of carbonyl (C=O) groups excluding carboxylic acids is 2. The number of urea groups is 2. The van der Waals surface area contributed by atoms with E-state index in [1.54, 1.807) is 18.6 Å². The van der Waals surface area contributed by atoms with E-state index < -0.39 is 0 Å². The van der Waals surface area contributed by atoms with E-state index in [9.17, 15) is 9.59 Å². The number of aryl methyl sites for hydroxylation is 2. The predicted octanol–water partition coefficient (Wildman–Crippen LogP) is 10.9. The molecule has 0 spiro atoms. The van der Waals surface area contributed by atoms with Crippen molar-refractivity contribution in [2.24, 2.45) is 11.8 Å². The van der Waals surface area contributed by atoms with Gasteiger partial charge < -0.3 is 29.5 Å². The molecule has 0 atom stereocenters. The number of benzene rings is 3. The minimum atomic E-state index is -0.374. The van der Waals surface area contributed by atoms with Gasteiger partial charge in [-0.15, -0.1) is 22.7 Å².